The summed E-state index contributed by atoms with van der Waals surface area (Å²) in [4.78, 5) is 0.756. The molecule has 0 aliphatic rings. The molecule has 1 N–H and O–H groups in total. The van der Waals surface area contributed by atoms with Gasteiger partial charge in [-0.2, -0.15) is 0 Å². The average molecular weight is 207 g/mol. The summed E-state index contributed by atoms with van der Waals surface area (Å²) in [5, 5.41) is 12.3. The third-order valence-electron chi connectivity index (χ3n) is 1.53. The van der Waals surface area contributed by atoms with Gasteiger partial charge in [0.15, 0.2) is 0 Å². The molecule has 0 amide bonds. The molecule has 0 spiro atoms. The van der Waals surface area contributed by atoms with Crippen molar-refractivity contribution in [1.29, 1.82) is 0 Å². The highest BCUT2D eigenvalue weighted by molar-refractivity contribution is 7.10. The van der Waals surface area contributed by atoms with Crippen LogP contribution in [0.15, 0.2) is 11.4 Å². The quantitative estimate of drug-likeness (QED) is 0.822. The van der Waals surface area contributed by atoms with E-state index in [1.54, 1.807) is 20.1 Å². The number of rotatable bonds is 3. The van der Waals surface area contributed by atoms with Crippen LogP contribution in [0.2, 0.25) is 5.02 Å². The van der Waals surface area contributed by atoms with Crippen LogP contribution in [0.1, 0.15) is 11.8 Å². The molecule has 4 heteroatoms. The van der Waals surface area contributed by atoms with Gasteiger partial charge in [0.05, 0.1) is 16.5 Å². The first kappa shape index (κ1) is 9.99. The van der Waals surface area contributed by atoms with E-state index in [1.165, 1.54) is 11.3 Å². The lowest BCUT2D eigenvalue weighted by Gasteiger charge is -2.20. The zero-order chi connectivity index (χ0) is 9.19. The van der Waals surface area contributed by atoms with Gasteiger partial charge in [-0.25, -0.2) is 0 Å². The molecular formula is C8H11ClO2S. The molecule has 1 rings (SSSR count). The van der Waals surface area contributed by atoms with Crippen LogP contribution in [0.4, 0.5) is 0 Å². The van der Waals surface area contributed by atoms with E-state index in [0.29, 0.717) is 5.02 Å². The largest absolute Gasteiger partial charge is 0.382 e. The summed E-state index contributed by atoms with van der Waals surface area (Å²) < 4.78 is 4.88. The minimum atomic E-state index is -0.972. The summed E-state index contributed by atoms with van der Waals surface area (Å²) in [6.45, 7) is 1.95. The highest BCUT2D eigenvalue weighted by atomic mass is 35.5. The van der Waals surface area contributed by atoms with E-state index in [4.69, 9.17) is 16.3 Å². The van der Waals surface area contributed by atoms with Crippen molar-refractivity contribution in [3.8, 4) is 0 Å². The van der Waals surface area contributed by atoms with Crippen LogP contribution in [0.25, 0.3) is 0 Å². The number of hydrogen-bond acceptors (Lipinski definition) is 3. The molecular weight excluding hydrogens is 196 g/mol. The second kappa shape index (κ2) is 3.75. The first-order valence-electron chi connectivity index (χ1n) is 3.52. The smallest absolute Gasteiger partial charge is 0.121 e. The van der Waals surface area contributed by atoms with Gasteiger partial charge in [0.25, 0.3) is 0 Å². The molecule has 0 fully saturated rings. The number of ether oxygens (including phenoxy) is 1. The summed E-state index contributed by atoms with van der Waals surface area (Å²) in [6.07, 6.45) is 0. The van der Waals surface area contributed by atoms with Gasteiger partial charge in [0.2, 0.25) is 0 Å². The molecule has 1 heterocycles. The van der Waals surface area contributed by atoms with Crippen molar-refractivity contribution in [1.82, 2.24) is 0 Å². The second-order valence-corrected chi connectivity index (χ2v) is 4.13. The van der Waals surface area contributed by atoms with Crippen molar-refractivity contribution in [2.45, 2.75) is 12.5 Å². The van der Waals surface area contributed by atoms with Crippen molar-refractivity contribution in [3.63, 3.8) is 0 Å². The third-order valence-corrected chi connectivity index (χ3v) is 3.13. The fourth-order valence-corrected chi connectivity index (χ4v) is 2.33. The Balaban J connectivity index is 2.88. The van der Waals surface area contributed by atoms with Crippen molar-refractivity contribution < 1.29 is 9.84 Å². The highest BCUT2D eigenvalue weighted by Gasteiger charge is 2.26. The Morgan fingerprint density at radius 2 is 2.42 bits per heavy atom. The molecule has 68 valence electrons. The number of hydrogen-bond donors (Lipinski definition) is 1. The van der Waals surface area contributed by atoms with Crippen LogP contribution in [-0.4, -0.2) is 18.8 Å². The van der Waals surface area contributed by atoms with Gasteiger partial charge in [-0.15, -0.1) is 11.3 Å². The normalized spacial score (nSPS) is 16.0. The first-order valence-corrected chi connectivity index (χ1v) is 4.78. The SMILES string of the molecule is COCC(C)(O)c1sccc1Cl. The van der Waals surface area contributed by atoms with Gasteiger partial charge in [-0.3, -0.25) is 0 Å². The van der Waals surface area contributed by atoms with E-state index in [-0.39, 0.29) is 6.61 Å². The molecule has 2 nitrogen and oxygen atoms in total. The number of aliphatic hydroxyl groups is 1. The third kappa shape index (κ3) is 1.98. The molecule has 0 saturated heterocycles. The molecule has 1 unspecified atom stereocenters. The van der Waals surface area contributed by atoms with Crippen LogP contribution in [-0.2, 0) is 10.3 Å². The Bertz CT molecular complexity index is 257. The minimum absolute atomic E-state index is 0.257. The first-order chi connectivity index (χ1) is 5.58. The maximum atomic E-state index is 9.86. The average Bonchev–Trinajstić information content (AvgIpc) is 2.35. The van der Waals surface area contributed by atoms with Crippen LogP contribution < -0.4 is 0 Å². The molecule has 0 saturated carbocycles. The standard InChI is InChI=1S/C8H11ClO2S/c1-8(10,5-11-2)7-6(9)3-4-12-7/h3-4,10H,5H2,1-2H3. The fraction of sp³-hybridized carbons (Fsp3) is 0.500. The molecule has 1 aromatic rings. The second-order valence-electron chi connectivity index (χ2n) is 2.80. The lowest BCUT2D eigenvalue weighted by molar-refractivity contribution is -0.0180. The Morgan fingerprint density at radius 3 is 2.83 bits per heavy atom. The molecule has 1 aromatic heterocycles. The Hall–Kier alpha value is -0.0900. The lowest BCUT2D eigenvalue weighted by Crippen LogP contribution is -2.26. The van der Waals surface area contributed by atoms with Crippen molar-refractivity contribution in [2.24, 2.45) is 0 Å². The maximum Gasteiger partial charge on any atom is 0.121 e. The number of thiophene rings is 1. The van der Waals surface area contributed by atoms with Crippen LogP contribution in [0.5, 0.6) is 0 Å². The topological polar surface area (TPSA) is 29.5 Å². The number of methoxy groups -OCH3 is 1. The van der Waals surface area contributed by atoms with Gasteiger partial charge in [-0.1, -0.05) is 11.6 Å². The van der Waals surface area contributed by atoms with Crippen molar-refractivity contribution in [2.75, 3.05) is 13.7 Å². The zero-order valence-electron chi connectivity index (χ0n) is 7.00. The minimum Gasteiger partial charge on any atom is -0.382 e. The molecule has 0 aliphatic heterocycles. The molecule has 0 radical (unpaired) electrons. The zero-order valence-corrected chi connectivity index (χ0v) is 8.58. The van der Waals surface area contributed by atoms with Crippen LogP contribution in [0, 0.1) is 0 Å². The summed E-state index contributed by atoms with van der Waals surface area (Å²) in [6, 6.07) is 1.77. The fourth-order valence-electron chi connectivity index (χ4n) is 1.02. The molecule has 0 bridgehead atoms. The molecule has 12 heavy (non-hydrogen) atoms. The summed E-state index contributed by atoms with van der Waals surface area (Å²) >= 11 is 7.29. The monoisotopic (exact) mass is 206 g/mol. The van der Waals surface area contributed by atoms with Crippen molar-refractivity contribution >= 4 is 22.9 Å². The highest BCUT2D eigenvalue weighted by Crippen LogP contribution is 2.32. The summed E-state index contributed by atoms with van der Waals surface area (Å²) in [7, 11) is 1.55. The van der Waals surface area contributed by atoms with E-state index in [1.807, 2.05) is 5.38 Å². The van der Waals surface area contributed by atoms with Gasteiger partial charge in [0.1, 0.15) is 5.60 Å². The summed E-state index contributed by atoms with van der Waals surface area (Å²) in [5.74, 6) is 0. The predicted octanol–water partition coefficient (Wildman–Crippen LogP) is 2.26. The number of halogens is 1. The van der Waals surface area contributed by atoms with Gasteiger partial charge < -0.3 is 9.84 Å². The van der Waals surface area contributed by atoms with E-state index in [0.717, 1.165) is 4.88 Å². The van der Waals surface area contributed by atoms with Gasteiger partial charge in [-0.05, 0) is 18.4 Å². The van der Waals surface area contributed by atoms with E-state index < -0.39 is 5.60 Å². The van der Waals surface area contributed by atoms with Gasteiger partial charge >= 0.3 is 0 Å². The Labute approximate surface area is 80.7 Å². The van der Waals surface area contributed by atoms with Crippen LogP contribution >= 0.6 is 22.9 Å². The molecule has 0 aliphatic carbocycles. The predicted molar refractivity (Wildman–Crippen MR) is 50.8 cm³/mol. The Morgan fingerprint density at radius 1 is 1.75 bits per heavy atom. The Kier molecular flexibility index (Phi) is 3.12. The molecule has 1 atom stereocenters. The van der Waals surface area contributed by atoms with Gasteiger partial charge in [0, 0.05) is 7.11 Å². The van der Waals surface area contributed by atoms with E-state index >= 15 is 0 Å². The van der Waals surface area contributed by atoms with E-state index in [2.05, 4.69) is 0 Å². The lowest BCUT2D eigenvalue weighted by atomic mass is 10.1. The van der Waals surface area contributed by atoms with Crippen molar-refractivity contribution in [3.05, 3.63) is 21.3 Å². The maximum absolute atomic E-state index is 9.86. The summed E-state index contributed by atoms with van der Waals surface area (Å²) in [5.41, 5.74) is -0.972. The molecule has 0 aromatic carbocycles. The van der Waals surface area contributed by atoms with E-state index in [9.17, 15) is 5.11 Å². The van der Waals surface area contributed by atoms with Crippen LogP contribution in [0.3, 0.4) is 0 Å².